The van der Waals surface area contributed by atoms with E-state index in [1.807, 2.05) is 5.38 Å². The van der Waals surface area contributed by atoms with Gasteiger partial charge in [-0.05, 0) is 6.92 Å². The third-order valence-corrected chi connectivity index (χ3v) is 2.04. The highest BCUT2D eigenvalue weighted by Gasteiger charge is 1.99. The summed E-state index contributed by atoms with van der Waals surface area (Å²) in [4.78, 5) is 14.9. The number of ether oxygens (including phenoxy) is 1. The standard InChI is InChI=1S/C8H12N2O2S/c1-2-12-8(11)9-4-3-7-5-13-6-10-7/h5-6H,2-4H2,1H3,(H,9,11). The van der Waals surface area contributed by atoms with E-state index >= 15 is 0 Å². The smallest absolute Gasteiger partial charge is 0.407 e. The van der Waals surface area contributed by atoms with Gasteiger partial charge >= 0.3 is 6.09 Å². The Morgan fingerprint density at radius 1 is 1.77 bits per heavy atom. The molecule has 4 nitrogen and oxygen atoms in total. The van der Waals surface area contributed by atoms with Crippen molar-refractivity contribution in [2.24, 2.45) is 0 Å². The van der Waals surface area contributed by atoms with E-state index in [9.17, 15) is 4.79 Å². The summed E-state index contributed by atoms with van der Waals surface area (Å²) in [7, 11) is 0. The third-order valence-electron chi connectivity index (χ3n) is 1.41. The highest BCUT2D eigenvalue weighted by molar-refractivity contribution is 7.07. The number of rotatable bonds is 4. The van der Waals surface area contributed by atoms with Gasteiger partial charge in [0.1, 0.15) is 0 Å². The minimum Gasteiger partial charge on any atom is -0.450 e. The van der Waals surface area contributed by atoms with Crippen LogP contribution in [0, 0.1) is 0 Å². The monoisotopic (exact) mass is 200 g/mol. The van der Waals surface area contributed by atoms with Gasteiger partial charge in [-0.2, -0.15) is 0 Å². The zero-order chi connectivity index (χ0) is 9.52. The summed E-state index contributed by atoms with van der Waals surface area (Å²) in [6, 6.07) is 0. The maximum Gasteiger partial charge on any atom is 0.407 e. The van der Waals surface area contributed by atoms with Gasteiger partial charge < -0.3 is 10.1 Å². The topological polar surface area (TPSA) is 51.2 Å². The fourth-order valence-electron chi connectivity index (χ4n) is 0.836. The molecule has 1 amide bonds. The van der Waals surface area contributed by atoms with Gasteiger partial charge in [-0.25, -0.2) is 9.78 Å². The van der Waals surface area contributed by atoms with Gasteiger partial charge in [-0.15, -0.1) is 11.3 Å². The van der Waals surface area contributed by atoms with E-state index in [0.717, 1.165) is 12.1 Å². The van der Waals surface area contributed by atoms with E-state index in [2.05, 4.69) is 10.3 Å². The van der Waals surface area contributed by atoms with Crippen LogP contribution in [0.3, 0.4) is 0 Å². The van der Waals surface area contributed by atoms with Gasteiger partial charge in [0.25, 0.3) is 0 Å². The van der Waals surface area contributed by atoms with E-state index in [-0.39, 0.29) is 6.09 Å². The third kappa shape index (κ3) is 3.89. The molecule has 0 bridgehead atoms. The lowest BCUT2D eigenvalue weighted by atomic mass is 10.3. The molecule has 0 aliphatic rings. The second-order valence-corrected chi connectivity index (χ2v) is 3.10. The molecule has 0 saturated heterocycles. The first-order chi connectivity index (χ1) is 6.33. The van der Waals surface area contributed by atoms with Crippen molar-refractivity contribution in [2.75, 3.05) is 13.2 Å². The van der Waals surface area contributed by atoms with Gasteiger partial charge in [-0.1, -0.05) is 0 Å². The van der Waals surface area contributed by atoms with Gasteiger partial charge in [-0.3, -0.25) is 0 Å². The van der Waals surface area contributed by atoms with E-state index in [1.54, 1.807) is 23.8 Å². The first kappa shape index (κ1) is 9.98. The number of nitrogens with one attached hydrogen (secondary N) is 1. The summed E-state index contributed by atoms with van der Waals surface area (Å²) in [5.41, 5.74) is 2.78. The van der Waals surface area contributed by atoms with Crippen LogP contribution in [-0.4, -0.2) is 24.2 Å². The number of hydrogen-bond donors (Lipinski definition) is 1. The highest BCUT2D eigenvalue weighted by atomic mass is 32.1. The zero-order valence-corrected chi connectivity index (χ0v) is 8.26. The van der Waals surface area contributed by atoms with Gasteiger partial charge in [0.15, 0.2) is 0 Å². The molecule has 0 spiro atoms. The number of hydrogen-bond acceptors (Lipinski definition) is 4. The van der Waals surface area contributed by atoms with E-state index in [4.69, 9.17) is 4.74 Å². The minimum absolute atomic E-state index is 0.363. The number of alkyl carbamates (subject to hydrolysis) is 1. The van der Waals surface area contributed by atoms with Crippen molar-refractivity contribution in [3.63, 3.8) is 0 Å². The van der Waals surface area contributed by atoms with E-state index in [0.29, 0.717) is 13.2 Å². The van der Waals surface area contributed by atoms with Crippen LogP contribution in [0.1, 0.15) is 12.6 Å². The predicted octanol–water partition coefficient (Wildman–Crippen LogP) is 1.43. The normalized spacial score (nSPS) is 9.62. The summed E-state index contributed by atoms with van der Waals surface area (Å²) in [6.07, 6.45) is 0.389. The van der Waals surface area contributed by atoms with Crippen molar-refractivity contribution in [1.29, 1.82) is 0 Å². The molecular formula is C8H12N2O2S. The molecular weight excluding hydrogens is 188 g/mol. The Morgan fingerprint density at radius 3 is 3.23 bits per heavy atom. The molecule has 0 aromatic carbocycles. The molecule has 13 heavy (non-hydrogen) atoms. The van der Waals surface area contributed by atoms with Crippen LogP contribution in [0.15, 0.2) is 10.9 Å². The number of carbonyl (C=O) groups excluding carboxylic acids is 1. The maximum absolute atomic E-state index is 10.8. The Bertz CT molecular complexity index is 249. The molecule has 0 atom stereocenters. The molecule has 0 aliphatic heterocycles. The predicted molar refractivity (Wildman–Crippen MR) is 50.8 cm³/mol. The second-order valence-electron chi connectivity index (χ2n) is 2.38. The second kappa shape index (κ2) is 5.53. The lowest BCUT2D eigenvalue weighted by molar-refractivity contribution is 0.152. The Kier molecular flexibility index (Phi) is 4.25. The molecule has 0 radical (unpaired) electrons. The summed E-state index contributed by atoms with van der Waals surface area (Å²) >= 11 is 1.55. The lowest BCUT2D eigenvalue weighted by Gasteiger charge is -2.02. The minimum atomic E-state index is -0.363. The van der Waals surface area contributed by atoms with Crippen LogP contribution in [0.5, 0.6) is 0 Å². The first-order valence-electron chi connectivity index (χ1n) is 4.10. The number of amides is 1. The summed E-state index contributed by atoms with van der Waals surface area (Å²) in [6.45, 7) is 2.76. The number of aromatic nitrogens is 1. The number of nitrogens with zero attached hydrogens (tertiary/aromatic N) is 1. The fraction of sp³-hybridized carbons (Fsp3) is 0.500. The first-order valence-corrected chi connectivity index (χ1v) is 5.05. The number of carbonyl (C=O) groups is 1. The Balaban J connectivity index is 2.11. The van der Waals surface area contributed by atoms with Crippen molar-refractivity contribution >= 4 is 17.4 Å². The molecule has 1 aromatic rings. The van der Waals surface area contributed by atoms with Crippen LogP contribution in [-0.2, 0) is 11.2 Å². The van der Waals surface area contributed by atoms with Crippen molar-refractivity contribution in [2.45, 2.75) is 13.3 Å². The van der Waals surface area contributed by atoms with Gasteiger partial charge in [0.05, 0.1) is 17.8 Å². The van der Waals surface area contributed by atoms with Crippen LogP contribution in [0.25, 0.3) is 0 Å². The van der Waals surface area contributed by atoms with Crippen molar-refractivity contribution < 1.29 is 9.53 Å². The maximum atomic E-state index is 10.8. The molecule has 1 rings (SSSR count). The molecule has 0 aliphatic carbocycles. The van der Waals surface area contributed by atoms with E-state index < -0.39 is 0 Å². The van der Waals surface area contributed by atoms with Crippen LogP contribution in [0.4, 0.5) is 4.79 Å². The summed E-state index contributed by atoms with van der Waals surface area (Å²) in [5, 5.41) is 4.59. The fourth-order valence-corrected chi connectivity index (χ4v) is 1.43. The molecule has 0 saturated carbocycles. The van der Waals surface area contributed by atoms with Crippen molar-refractivity contribution in [3.05, 3.63) is 16.6 Å². The SMILES string of the molecule is CCOC(=O)NCCc1cscn1. The molecule has 1 heterocycles. The van der Waals surface area contributed by atoms with Crippen molar-refractivity contribution in [1.82, 2.24) is 10.3 Å². The molecule has 0 unspecified atom stereocenters. The molecule has 1 N–H and O–H groups in total. The molecule has 1 aromatic heterocycles. The van der Waals surface area contributed by atoms with Crippen LogP contribution >= 0.6 is 11.3 Å². The zero-order valence-electron chi connectivity index (χ0n) is 7.45. The highest BCUT2D eigenvalue weighted by Crippen LogP contribution is 2.00. The number of thiazole rings is 1. The lowest BCUT2D eigenvalue weighted by Crippen LogP contribution is -2.26. The van der Waals surface area contributed by atoms with E-state index in [1.165, 1.54) is 0 Å². The average molecular weight is 200 g/mol. The molecule has 72 valence electrons. The Labute approximate surface area is 80.9 Å². The summed E-state index contributed by atoms with van der Waals surface area (Å²) < 4.78 is 4.69. The quantitative estimate of drug-likeness (QED) is 0.800. The van der Waals surface area contributed by atoms with Gasteiger partial charge in [0, 0.05) is 18.3 Å². The Hall–Kier alpha value is -1.10. The molecule has 0 fully saturated rings. The van der Waals surface area contributed by atoms with Crippen molar-refractivity contribution in [3.8, 4) is 0 Å². The van der Waals surface area contributed by atoms with Crippen LogP contribution < -0.4 is 5.32 Å². The Morgan fingerprint density at radius 2 is 2.62 bits per heavy atom. The van der Waals surface area contributed by atoms with Gasteiger partial charge in [0.2, 0.25) is 0 Å². The van der Waals surface area contributed by atoms with Crippen LogP contribution in [0.2, 0.25) is 0 Å². The molecule has 5 heteroatoms. The average Bonchev–Trinajstić information content (AvgIpc) is 2.57. The summed E-state index contributed by atoms with van der Waals surface area (Å²) in [5.74, 6) is 0. The largest absolute Gasteiger partial charge is 0.450 e.